The summed E-state index contributed by atoms with van der Waals surface area (Å²) in [6.07, 6.45) is 5.42. The third kappa shape index (κ3) is 6.11. The zero-order valence-corrected chi connectivity index (χ0v) is 17.0. The number of carbonyl (C=O) groups excluding carboxylic acids is 1. The van der Waals surface area contributed by atoms with Gasteiger partial charge in [-0.3, -0.25) is 4.79 Å². The van der Waals surface area contributed by atoms with Gasteiger partial charge in [0.1, 0.15) is 12.3 Å². The van der Waals surface area contributed by atoms with Crippen LogP contribution in [0.15, 0.2) is 54.6 Å². The highest BCUT2D eigenvalue weighted by Gasteiger charge is 2.22. The van der Waals surface area contributed by atoms with Crippen LogP contribution in [-0.2, 0) is 11.3 Å². The number of halogens is 1. The molecular weight excluding hydrogens is 372 g/mol. The summed E-state index contributed by atoms with van der Waals surface area (Å²) < 4.78 is 5.59. The Balaban J connectivity index is 1.45. The third-order valence-corrected chi connectivity index (χ3v) is 5.29. The van der Waals surface area contributed by atoms with Crippen LogP contribution in [-0.4, -0.2) is 31.6 Å². The molecule has 0 atom stereocenters. The lowest BCUT2D eigenvalue weighted by Crippen LogP contribution is -3.12. The van der Waals surface area contributed by atoms with Crippen LogP contribution >= 0.6 is 11.6 Å². The minimum atomic E-state index is -0.0440. The number of hydrogen-bond donors (Lipinski definition) is 2. The summed E-state index contributed by atoms with van der Waals surface area (Å²) in [5.41, 5.74) is 2.22. The number of carbonyl (C=O) groups is 1. The predicted molar refractivity (Wildman–Crippen MR) is 114 cm³/mol. The number of ether oxygens (including phenoxy) is 1. The summed E-state index contributed by atoms with van der Waals surface area (Å²) >= 11 is 5.95. The summed E-state index contributed by atoms with van der Waals surface area (Å²) in [5, 5.41) is 3.91. The Morgan fingerprint density at radius 2 is 1.89 bits per heavy atom. The number of quaternary nitrogens is 1. The van der Waals surface area contributed by atoms with Crippen LogP contribution in [0.5, 0.6) is 5.75 Å². The largest absolute Gasteiger partial charge is 0.493 e. The SMILES string of the molecule is CCOc1ccccc1/C=C/C(=O)NC1CC[NH+](Cc2ccc(Cl)cc2)CC1. The summed E-state index contributed by atoms with van der Waals surface area (Å²) in [6, 6.07) is 16.1. The van der Waals surface area contributed by atoms with Crippen LogP contribution < -0.4 is 15.0 Å². The molecule has 0 unspecified atom stereocenters. The van der Waals surface area contributed by atoms with Crippen LogP contribution in [0.25, 0.3) is 6.08 Å². The molecule has 2 aromatic carbocycles. The van der Waals surface area contributed by atoms with E-state index in [9.17, 15) is 4.79 Å². The summed E-state index contributed by atoms with van der Waals surface area (Å²) in [4.78, 5) is 13.9. The summed E-state index contributed by atoms with van der Waals surface area (Å²) in [5.74, 6) is 0.755. The first kappa shape index (κ1) is 20.4. The molecule has 0 spiro atoms. The number of amides is 1. The van der Waals surface area contributed by atoms with Crippen molar-refractivity contribution in [1.29, 1.82) is 0 Å². The first-order valence-corrected chi connectivity index (χ1v) is 10.3. The summed E-state index contributed by atoms with van der Waals surface area (Å²) in [7, 11) is 0. The zero-order chi connectivity index (χ0) is 19.8. The maximum atomic E-state index is 12.3. The van der Waals surface area contributed by atoms with Crippen LogP contribution in [0.4, 0.5) is 0 Å². The van der Waals surface area contributed by atoms with E-state index in [1.807, 2.05) is 49.4 Å². The van der Waals surface area contributed by atoms with Crippen molar-refractivity contribution in [2.45, 2.75) is 32.4 Å². The number of piperidine rings is 1. The van der Waals surface area contributed by atoms with Crippen LogP contribution in [0.3, 0.4) is 0 Å². The quantitative estimate of drug-likeness (QED) is 0.702. The number of nitrogens with one attached hydrogen (secondary N) is 2. The lowest BCUT2D eigenvalue weighted by Gasteiger charge is -2.29. The monoisotopic (exact) mass is 399 g/mol. The van der Waals surface area contributed by atoms with Gasteiger partial charge in [-0.15, -0.1) is 0 Å². The molecule has 2 N–H and O–H groups in total. The van der Waals surface area contributed by atoms with E-state index in [2.05, 4.69) is 17.4 Å². The van der Waals surface area contributed by atoms with Gasteiger partial charge in [0, 0.05) is 41.1 Å². The molecule has 0 radical (unpaired) electrons. The van der Waals surface area contributed by atoms with Gasteiger partial charge in [0.2, 0.25) is 5.91 Å². The summed E-state index contributed by atoms with van der Waals surface area (Å²) in [6.45, 7) is 5.68. The Hall–Kier alpha value is -2.30. The van der Waals surface area contributed by atoms with Gasteiger partial charge >= 0.3 is 0 Å². The third-order valence-electron chi connectivity index (χ3n) is 5.04. The van der Waals surface area contributed by atoms with Gasteiger partial charge in [-0.25, -0.2) is 0 Å². The van der Waals surface area contributed by atoms with E-state index in [1.165, 1.54) is 5.56 Å². The molecule has 0 saturated carbocycles. The van der Waals surface area contributed by atoms with Gasteiger partial charge < -0.3 is 15.0 Å². The standard InChI is InChI=1S/C23H27ClN2O2/c1-2-28-22-6-4-3-5-19(22)9-12-23(27)25-21-13-15-26(16-14-21)17-18-7-10-20(24)11-8-18/h3-12,21H,2,13-17H2,1H3,(H,25,27)/p+1/b12-9+. The molecule has 5 heteroatoms. The number of rotatable bonds is 7. The molecule has 4 nitrogen and oxygen atoms in total. The van der Waals surface area contributed by atoms with Crippen molar-refractivity contribution in [3.8, 4) is 5.75 Å². The molecule has 0 bridgehead atoms. The van der Waals surface area contributed by atoms with Crippen LogP contribution in [0, 0.1) is 0 Å². The van der Waals surface area contributed by atoms with E-state index in [1.54, 1.807) is 11.0 Å². The number of likely N-dealkylation sites (tertiary alicyclic amines) is 1. The smallest absolute Gasteiger partial charge is 0.244 e. The normalized spacial score (nSPS) is 19.5. The van der Waals surface area contributed by atoms with Crippen molar-refractivity contribution in [3.63, 3.8) is 0 Å². The highest BCUT2D eigenvalue weighted by Crippen LogP contribution is 2.19. The van der Waals surface area contributed by atoms with Gasteiger partial charge in [-0.1, -0.05) is 41.9 Å². The molecule has 2 aromatic rings. The number of para-hydroxylation sites is 1. The first-order chi connectivity index (χ1) is 13.6. The van der Waals surface area contributed by atoms with Crippen LogP contribution in [0.2, 0.25) is 5.02 Å². The fourth-order valence-electron chi connectivity index (χ4n) is 3.56. The van der Waals surface area contributed by atoms with Crippen molar-refractivity contribution in [1.82, 2.24) is 5.32 Å². The van der Waals surface area contributed by atoms with Gasteiger partial charge in [-0.05, 0) is 31.2 Å². The van der Waals surface area contributed by atoms with E-state index < -0.39 is 0 Å². The van der Waals surface area contributed by atoms with Gasteiger partial charge in [0.05, 0.1) is 19.7 Å². The Labute approximate surface area is 172 Å². The fraction of sp³-hybridized carbons (Fsp3) is 0.348. The molecule has 0 aliphatic carbocycles. The second-order valence-corrected chi connectivity index (χ2v) is 7.58. The fourth-order valence-corrected chi connectivity index (χ4v) is 3.68. The van der Waals surface area contributed by atoms with Crippen molar-refractivity contribution in [2.75, 3.05) is 19.7 Å². The van der Waals surface area contributed by atoms with E-state index in [4.69, 9.17) is 16.3 Å². The first-order valence-electron chi connectivity index (χ1n) is 9.92. The zero-order valence-electron chi connectivity index (χ0n) is 16.3. The molecule has 148 valence electrons. The van der Waals surface area contributed by atoms with E-state index >= 15 is 0 Å². The molecule has 1 heterocycles. The molecule has 1 aliphatic rings. The van der Waals surface area contributed by atoms with Gasteiger partial charge in [-0.2, -0.15) is 0 Å². The van der Waals surface area contributed by atoms with Gasteiger partial charge in [0.25, 0.3) is 0 Å². The maximum Gasteiger partial charge on any atom is 0.244 e. The maximum absolute atomic E-state index is 12.3. The van der Waals surface area contributed by atoms with E-state index in [-0.39, 0.29) is 11.9 Å². The molecular formula is C23H28ClN2O2+. The Morgan fingerprint density at radius 3 is 2.61 bits per heavy atom. The molecule has 1 fully saturated rings. The molecule has 1 aliphatic heterocycles. The lowest BCUT2D eigenvalue weighted by molar-refractivity contribution is -0.918. The molecule has 0 aromatic heterocycles. The average Bonchev–Trinajstić information content (AvgIpc) is 2.71. The minimum absolute atomic E-state index is 0.0440. The molecule has 1 saturated heterocycles. The van der Waals surface area contributed by atoms with E-state index in [0.29, 0.717) is 6.61 Å². The topological polar surface area (TPSA) is 42.8 Å². The Morgan fingerprint density at radius 1 is 1.18 bits per heavy atom. The Kier molecular flexibility index (Phi) is 7.52. The van der Waals surface area contributed by atoms with Crippen molar-refractivity contribution >= 4 is 23.6 Å². The second kappa shape index (κ2) is 10.3. The van der Waals surface area contributed by atoms with Crippen LogP contribution in [0.1, 0.15) is 30.9 Å². The molecule has 3 rings (SSSR count). The lowest BCUT2D eigenvalue weighted by atomic mass is 10.0. The molecule has 28 heavy (non-hydrogen) atoms. The molecule has 1 amide bonds. The Bertz CT molecular complexity index is 797. The predicted octanol–water partition coefficient (Wildman–Crippen LogP) is 3.12. The van der Waals surface area contributed by atoms with E-state index in [0.717, 1.165) is 48.8 Å². The van der Waals surface area contributed by atoms with Crippen molar-refractivity contribution < 1.29 is 14.4 Å². The number of hydrogen-bond acceptors (Lipinski definition) is 2. The highest BCUT2D eigenvalue weighted by atomic mass is 35.5. The highest BCUT2D eigenvalue weighted by molar-refractivity contribution is 6.30. The van der Waals surface area contributed by atoms with Crippen molar-refractivity contribution in [2.24, 2.45) is 0 Å². The number of benzene rings is 2. The van der Waals surface area contributed by atoms with Crippen molar-refractivity contribution in [3.05, 3.63) is 70.8 Å². The minimum Gasteiger partial charge on any atom is -0.493 e. The second-order valence-electron chi connectivity index (χ2n) is 7.14. The van der Waals surface area contributed by atoms with Gasteiger partial charge in [0.15, 0.2) is 0 Å². The average molecular weight is 400 g/mol.